The Labute approximate surface area is 104 Å². The van der Waals surface area contributed by atoms with Crippen LogP contribution >= 0.6 is 0 Å². The van der Waals surface area contributed by atoms with Crippen molar-refractivity contribution < 1.29 is 4.79 Å². The average molecular weight is 231 g/mol. The van der Waals surface area contributed by atoms with E-state index < -0.39 is 0 Å². The van der Waals surface area contributed by atoms with Crippen molar-refractivity contribution in [2.24, 2.45) is 0 Å². The molecular formula is C15H21NO. The molecule has 0 N–H and O–H groups in total. The van der Waals surface area contributed by atoms with Gasteiger partial charge in [-0.15, -0.1) is 0 Å². The molecule has 0 aliphatic carbocycles. The summed E-state index contributed by atoms with van der Waals surface area (Å²) >= 11 is 0. The van der Waals surface area contributed by atoms with Crippen molar-refractivity contribution in [3.63, 3.8) is 0 Å². The fraction of sp³-hybridized carbons (Fsp3) is 0.533. The molecule has 0 spiro atoms. The van der Waals surface area contributed by atoms with Crippen LogP contribution in [0.25, 0.3) is 0 Å². The fourth-order valence-corrected chi connectivity index (χ4v) is 2.53. The molecule has 0 unspecified atom stereocenters. The Morgan fingerprint density at radius 2 is 1.88 bits per heavy atom. The third kappa shape index (κ3) is 2.68. The second-order valence-corrected chi connectivity index (χ2v) is 5.14. The third-order valence-electron chi connectivity index (χ3n) is 3.51. The topological polar surface area (TPSA) is 20.3 Å². The lowest BCUT2D eigenvalue weighted by atomic mass is 9.97. The van der Waals surface area contributed by atoms with Crippen LogP contribution < -0.4 is 4.90 Å². The van der Waals surface area contributed by atoms with Crippen LogP contribution in [0.15, 0.2) is 18.2 Å². The van der Waals surface area contributed by atoms with E-state index in [0.717, 1.165) is 24.9 Å². The molecule has 0 amide bonds. The Kier molecular flexibility index (Phi) is 3.82. The maximum atomic E-state index is 10.9. The average Bonchev–Trinajstić information content (AvgIpc) is 2.39. The molecule has 17 heavy (non-hydrogen) atoms. The van der Waals surface area contributed by atoms with E-state index in [1.807, 2.05) is 12.1 Å². The van der Waals surface area contributed by atoms with Crippen molar-refractivity contribution in [3.8, 4) is 0 Å². The fourth-order valence-electron chi connectivity index (χ4n) is 2.53. The predicted octanol–water partition coefficient (Wildman–Crippen LogP) is 3.61. The molecule has 1 saturated heterocycles. The number of hydrogen-bond acceptors (Lipinski definition) is 2. The number of rotatable bonds is 3. The lowest BCUT2D eigenvalue weighted by Gasteiger charge is -2.31. The van der Waals surface area contributed by atoms with Gasteiger partial charge in [-0.3, -0.25) is 4.79 Å². The van der Waals surface area contributed by atoms with Gasteiger partial charge in [-0.1, -0.05) is 13.8 Å². The summed E-state index contributed by atoms with van der Waals surface area (Å²) in [5, 5.41) is 0. The summed E-state index contributed by atoms with van der Waals surface area (Å²) in [6.45, 7) is 6.69. The summed E-state index contributed by atoms with van der Waals surface area (Å²) in [7, 11) is 0. The van der Waals surface area contributed by atoms with Crippen molar-refractivity contribution in [2.45, 2.75) is 39.0 Å². The Bertz CT molecular complexity index is 392. The molecule has 2 rings (SSSR count). The number of benzene rings is 1. The summed E-state index contributed by atoms with van der Waals surface area (Å²) < 4.78 is 0. The van der Waals surface area contributed by atoms with Crippen molar-refractivity contribution in [1.82, 2.24) is 0 Å². The van der Waals surface area contributed by atoms with E-state index in [9.17, 15) is 4.79 Å². The summed E-state index contributed by atoms with van der Waals surface area (Å²) in [5.74, 6) is 0.465. The van der Waals surface area contributed by atoms with E-state index in [1.165, 1.54) is 30.5 Å². The maximum absolute atomic E-state index is 10.9. The van der Waals surface area contributed by atoms with Gasteiger partial charge in [0.1, 0.15) is 6.29 Å². The zero-order valence-corrected chi connectivity index (χ0v) is 10.8. The highest BCUT2D eigenvalue weighted by Crippen LogP contribution is 2.30. The minimum atomic E-state index is 0.465. The highest BCUT2D eigenvalue weighted by Gasteiger charge is 2.16. The first-order chi connectivity index (χ1) is 8.22. The van der Waals surface area contributed by atoms with E-state index >= 15 is 0 Å². The molecule has 0 radical (unpaired) electrons. The van der Waals surface area contributed by atoms with E-state index in [1.54, 1.807) is 0 Å². The van der Waals surface area contributed by atoms with Gasteiger partial charge in [-0.05, 0) is 48.9 Å². The summed E-state index contributed by atoms with van der Waals surface area (Å²) in [6, 6.07) is 6.09. The second-order valence-electron chi connectivity index (χ2n) is 5.14. The van der Waals surface area contributed by atoms with E-state index in [-0.39, 0.29) is 0 Å². The molecule has 0 saturated carbocycles. The van der Waals surface area contributed by atoms with Gasteiger partial charge in [0.2, 0.25) is 0 Å². The minimum absolute atomic E-state index is 0.465. The molecular weight excluding hydrogens is 210 g/mol. The number of nitrogens with zero attached hydrogens (tertiary/aromatic N) is 1. The van der Waals surface area contributed by atoms with Gasteiger partial charge < -0.3 is 4.90 Å². The first-order valence-electron chi connectivity index (χ1n) is 6.56. The first kappa shape index (κ1) is 12.2. The Morgan fingerprint density at radius 3 is 2.47 bits per heavy atom. The number of carbonyl (C=O) groups is 1. The summed E-state index contributed by atoms with van der Waals surface area (Å²) in [4.78, 5) is 13.3. The zero-order chi connectivity index (χ0) is 12.3. The van der Waals surface area contributed by atoms with Crippen LogP contribution in [0.5, 0.6) is 0 Å². The van der Waals surface area contributed by atoms with Crippen LogP contribution in [0.2, 0.25) is 0 Å². The zero-order valence-electron chi connectivity index (χ0n) is 10.8. The van der Waals surface area contributed by atoms with Crippen LogP contribution in [-0.4, -0.2) is 19.4 Å². The molecule has 92 valence electrons. The van der Waals surface area contributed by atoms with Crippen LogP contribution in [0, 0.1) is 0 Å². The van der Waals surface area contributed by atoms with Crippen molar-refractivity contribution in [2.75, 3.05) is 18.0 Å². The number of piperidine rings is 1. The van der Waals surface area contributed by atoms with E-state index in [4.69, 9.17) is 0 Å². The molecule has 1 aromatic carbocycles. The summed E-state index contributed by atoms with van der Waals surface area (Å²) in [6.07, 6.45) is 4.85. The van der Waals surface area contributed by atoms with Crippen LogP contribution in [0.3, 0.4) is 0 Å². The third-order valence-corrected chi connectivity index (χ3v) is 3.51. The lowest BCUT2D eigenvalue weighted by Crippen LogP contribution is -2.30. The van der Waals surface area contributed by atoms with Crippen LogP contribution in [0.4, 0.5) is 5.69 Å². The van der Waals surface area contributed by atoms with E-state index in [2.05, 4.69) is 24.8 Å². The maximum Gasteiger partial charge on any atom is 0.150 e. The van der Waals surface area contributed by atoms with E-state index in [0.29, 0.717) is 5.92 Å². The molecule has 2 heteroatoms. The molecule has 1 aliphatic rings. The molecule has 1 heterocycles. The normalized spacial score (nSPS) is 16.3. The van der Waals surface area contributed by atoms with Crippen molar-refractivity contribution >= 4 is 12.0 Å². The largest absolute Gasteiger partial charge is 0.371 e. The molecule has 1 aromatic rings. The van der Waals surface area contributed by atoms with Gasteiger partial charge in [-0.25, -0.2) is 0 Å². The standard InChI is InChI=1S/C15H21NO/c1-12(2)14-10-13(11-17)6-7-15(14)16-8-4-3-5-9-16/h6-7,10-12H,3-5,8-9H2,1-2H3. The van der Waals surface area contributed by atoms with Crippen LogP contribution in [0.1, 0.15) is 54.9 Å². The highest BCUT2D eigenvalue weighted by molar-refractivity contribution is 5.77. The smallest absolute Gasteiger partial charge is 0.150 e. The molecule has 1 fully saturated rings. The SMILES string of the molecule is CC(C)c1cc(C=O)ccc1N1CCCCC1. The Hall–Kier alpha value is -1.31. The molecule has 0 bridgehead atoms. The lowest BCUT2D eigenvalue weighted by molar-refractivity contribution is 0.112. The number of anilines is 1. The second kappa shape index (κ2) is 5.35. The van der Waals surface area contributed by atoms with Gasteiger partial charge in [0, 0.05) is 24.3 Å². The number of aldehydes is 1. The molecule has 1 aliphatic heterocycles. The number of carbonyl (C=O) groups excluding carboxylic acids is 1. The van der Waals surface area contributed by atoms with Crippen molar-refractivity contribution in [1.29, 1.82) is 0 Å². The van der Waals surface area contributed by atoms with Gasteiger partial charge in [0.25, 0.3) is 0 Å². The van der Waals surface area contributed by atoms with Gasteiger partial charge in [-0.2, -0.15) is 0 Å². The highest BCUT2D eigenvalue weighted by atomic mass is 16.1. The van der Waals surface area contributed by atoms with Gasteiger partial charge in [0.05, 0.1) is 0 Å². The first-order valence-corrected chi connectivity index (χ1v) is 6.56. The van der Waals surface area contributed by atoms with Gasteiger partial charge >= 0.3 is 0 Å². The predicted molar refractivity (Wildman–Crippen MR) is 72.0 cm³/mol. The molecule has 2 nitrogen and oxygen atoms in total. The quantitative estimate of drug-likeness (QED) is 0.741. The number of hydrogen-bond donors (Lipinski definition) is 0. The molecule has 0 atom stereocenters. The Balaban J connectivity index is 2.34. The Morgan fingerprint density at radius 1 is 1.18 bits per heavy atom. The monoisotopic (exact) mass is 231 g/mol. The van der Waals surface area contributed by atoms with Gasteiger partial charge in [0.15, 0.2) is 0 Å². The van der Waals surface area contributed by atoms with Crippen LogP contribution in [-0.2, 0) is 0 Å². The minimum Gasteiger partial charge on any atom is -0.371 e. The van der Waals surface area contributed by atoms with Crippen molar-refractivity contribution in [3.05, 3.63) is 29.3 Å². The molecule has 0 aromatic heterocycles. The summed E-state index contributed by atoms with van der Waals surface area (Å²) in [5.41, 5.74) is 3.41.